The maximum atomic E-state index is 6.28. The molecule has 1 aliphatic carbocycles. The molecule has 5 atom stereocenters. The monoisotopic (exact) mass is 532 g/mol. The van der Waals surface area contributed by atoms with E-state index in [1.807, 2.05) is 0 Å². The second-order valence-corrected chi connectivity index (χ2v) is 14.3. The number of hydrogen-bond acceptors (Lipinski definition) is 4. The van der Waals surface area contributed by atoms with Crippen molar-refractivity contribution in [1.82, 2.24) is 9.80 Å². The lowest BCUT2D eigenvalue weighted by Gasteiger charge is -2.49. The van der Waals surface area contributed by atoms with E-state index in [1.54, 1.807) is 5.56 Å². The van der Waals surface area contributed by atoms with E-state index in [-0.39, 0.29) is 17.2 Å². The Kier molecular flexibility index (Phi) is 8.33. The van der Waals surface area contributed by atoms with Crippen molar-refractivity contribution >= 4 is 0 Å². The molecule has 2 heterocycles. The molecule has 0 spiro atoms. The maximum Gasteiger partial charge on any atom is 0.0675 e. The van der Waals surface area contributed by atoms with Crippen molar-refractivity contribution in [3.63, 3.8) is 0 Å². The van der Waals surface area contributed by atoms with Gasteiger partial charge in [-0.1, -0.05) is 62.4 Å². The number of benzene rings is 2. The van der Waals surface area contributed by atoms with E-state index in [0.717, 1.165) is 32.9 Å². The highest BCUT2D eigenvalue weighted by Gasteiger charge is 2.47. The van der Waals surface area contributed by atoms with E-state index >= 15 is 0 Å². The van der Waals surface area contributed by atoms with Crippen LogP contribution in [0, 0.1) is 5.92 Å². The van der Waals surface area contributed by atoms with Crippen molar-refractivity contribution in [2.24, 2.45) is 5.92 Å². The molecule has 214 valence electrons. The number of nitrogens with zero attached hydrogens (tertiary/aromatic N) is 2. The predicted molar refractivity (Wildman–Crippen MR) is 161 cm³/mol. The Morgan fingerprint density at radius 3 is 2.18 bits per heavy atom. The van der Waals surface area contributed by atoms with Gasteiger partial charge in [-0.3, -0.25) is 9.80 Å². The van der Waals surface area contributed by atoms with Crippen molar-refractivity contribution in [3.8, 4) is 0 Å². The smallest absolute Gasteiger partial charge is 0.0675 e. The van der Waals surface area contributed by atoms with Gasteiger partial charge < -0.3 is 9.47 Å². The van der Waals surface area contributed by atoms with Gasteiger partial charge in [-0.25, -0.2) is 0 Å². The van der Waals surface area contributed by atoms with Crippen LogP contribution in [0.5, 0.6) is 0 Å². The number of hydrogen-bond donors (Lipinski definition) is 0. The average molecular weight is 533 g/mol. The maximum absolute atomic E-state index is 6.28. The zero-order chi connectivity index (χ0) is 27.9. The molecule has 0 N–H and O–H groups in total. The standard InChI is InChI=1S/C35H52N2O2/c1-24(2)27-13-9-11-15-29(27)33-23-39-25(3)21-37(33)35(7,8)20-26-19-31(26)28-14-10-12-16-30(28)32-22-38-18-17-36(32)34(4,5)6/h9-16,24-26,31-33H,17-23H2,1-8H3. The minimum absolute atomic E-state index is 0.0898. The Balaban J connectivity index is 1.36. The zero-order valence-corrected chi connectivity index (χ0v) is 25.7. The molecule has 0 bridgehead atoms. The molecule has 2 aliphatic heterocycles. The SMILES string of the molecule is CC1CN(C(C)(C)CC2CC2c2ccccc2C2COCCN2C(C)(C)C)C(c2ccccc2C(C)C)CO1. The van der Waals surface area contributed by atoms with Crippen LogP contribution in [-0.2, 0) is 9.47 Å². The van der Waals surface area contributed by atoms with E-state index in [1.165, 1.54) is 29.5 Å². The first-order chi connectivity index (χ1) is 18.5. The molecular formula is C35H52N2O2. The number of rotatable bonds is 7. The van der Waals surface area contributed by atoms with Gasteiger partial charge in [0.15, 0.2) is 0 Å². The largest absolute Gasteiger partial charge is 0.378 e. The fraction of sp³-hybridized carbons (Fsp3) is 0.657. The van der Waals surface area contributed by atoms with E-state index < -0.39 is 0 Å². The van der Waals surface area contributed by atoms with E-state index in [0.29, 0.717) is 29.8 Å². The van der Waals surface area contributed by atoms with Crippen LogP contribution in [0.3, 0.4) is 0 Å². The van der Waals surface area contributed by atoms with Crippen LogP contribution < -0.4 is 0 Å². The third-order valence-corrected chi connectivity index (χ3v) is 9.55. The zero-order valence-electron chi connectivity index (χ0n) is 25.7. The number of ether oxygens (including phenoxy) is 2. The van der Waals surface area contributed by atoms with Gasteiger partial charge in [-0.15, -0.1) is 0 Å². The Hall–Kier alpha value is -1.72. The molecule has 0 aromatic heterocycles. The van der Waals surface area contributed by atoms with E-state index in [9.17, 15) is 0 Å². The summed E-state index contributed by atoms with van der Waals surface area (Å²) in [6.07, 6.45) is 2.76. The quantitative estimate of drug-likeness (QED) is 0.364. The summed E-state index contributed by atoms with van der Waals surface area (Å²) >= 11 is 0. The Morgan fingerprint density at radius 1 is 0.846 bits per heavy atom. The van der Waals surface area contributed by atoms with Gasteiger partial charge in [0.1, 0.15) is 0 Å². The first-order valence-electron chi connectivity index (χ1n) is 15.4. The molecule has 2 aromatic carbocycles. The molecule has 0 amide bonds. The highest BCUT2D eigenvalue weighted by atomic mass is 16.5. The summed E-state index contributed by atoms with van der Waals surface area (Å²) in [4.78, 5) is 5.43. The third kappa shape index (κ3) is 6.15. The summed E-state index contributed by atoms with van der Waals surface area (Å²) in [5, 5.41) is 0. The lowest BCUT2D eigenvalue weighted by atomic mass is 9.85. The van der Waals surface area contributed by atoms with Crippen LogP contribution in [0.1, 0.15) is 114 Å². The molecule has 4 nitrogen and oxygen atoms in total. The normalized spacial score (nSPS) is 29.1. The Bertz CT molecular complexity index is 1120. The van der Waals surface area contributed by atoms with Crippen LogP contribution in [0.25, 0.3) is 0 Å². The summed E-state index contributed by atoms with van der Waals surface area (Å²) in [5.41, 5.74) is 6.16. The van der Waals surface area contributed by atoms with Crippen molar-refractivity contribution in [1.29, 1.82) is 0 Å². The second kappa shape index (κ2) is 11.3. The highest BCUT2D eigenvalue weighted by molar-refractivity contribution is 5.38. The molecule has 2 saturated heterocycles. The van der Waals surface area contributed by atoms with Gasteiger partial charge in [-0.2, -0.15) is 0 Å². The second-order valence-electron chi connectivity index (χ2n) is 14.3. The van der Waals surface area contributed by atoms with Gasteiger partial charge in [-0.05, 0) is 94.4 Å². The lowest BCUT2D eigenvalue weighted by Crippen LogP contribution is -2.54. The molecule has 4 heteroatoms. The Labute approximate surface area is 238 Å². The molecule has 5 unspecified atom stereocenters. The van der Waals surface area contributed by atoms with Crippen LogP contribution in [0.15, 0.2) is 48.5 Å². The van der Waals surface area contributed by atoms with Gasteiger partial charge in [0, 0.05) is 24.2 Å². The fourth-order valence-corrected chi connectivity index (χ4v) is 7.50. The van der Waals surface area contributed by atoms with Crippen molar-refractivity contribution in [2.45, 2.75) is 109 Å². The molecule has 3 aliphatic rings. The Morgan fingerprint density at radius 2 is 1.49 bits per heavy atom. The van der Waals surface area contributed by atoms with Gasteiger partial charge >= 0.3 is 0 Å². The minimum atomic E-state index is 0.0898. The molecule has 0 radical (unpaired) electrons. The summed E-state index contributed by atoms with van der Waals surface area (Å²) in [6, 6.07) is 18.9. The average Bonchev–Trinajstić information content (AvgIpc) is 3.66. The van der Waals surface area contributed by atoms with Crippen LogP contribution in [-0.4, -0.2) is 59.9 Å². The first-order valence-corrected chi connectivity index (χ1v) is 15.4. The molecular weight excluding hydrogens is 480 g/mol. The predicted octanol–water partition coefficient (Wildman–Crippen LogP) is 7.72. The lowest BCUT2D eigenvalue weighted by molar-refractivity contribution is -0.0967. The van der Waals surface area contributed by atoms with Crippen molar-refractivity contribution < 1.29 is 9.47 Å². The fourth-order valence-electron chi connectivity index (χ4n) is 7.50. The topological polar surface area (TPSA) is 24.9 Å². The minimum Gasteiger partial charge on any atom is -0.378 e. The summed E-state index contributed by atoms with van der Waals surface area (Å²) in [6.45, 7) is 23.2. The third-order valence-electron chi connectivity index (χ3n) is 9.55. The van der Waals surface area contributed by atoms with Crippen LogP contribution in [0.4, 0.5) is 0 Å². The van der Waals surface area contributed by atoms with Crippen molar-refractivity contribution in [2.75, 3.05) is 32.9 Å². The molecule has 1 saturated carbocycles. The van der Waals surface area contributed by atoms with Gasteiger partial charge in [0.05, 0.1) is 38.0 Å². The van der Waals surface area contributed by atoms with E-state index in [4.69, 9.17) is 9.47 Å². The first kappa shape index (κ1) is 28.8. The molecule has 2 aromatic rings. The van der Waals surface area contributed by atoms with Crippen LogP contribution in [0.2, 0.25) is 0 Å². The summed E-state index contributed by atoms with van der Waals surface area (Å²) < 4.78 is 12.3. The van der Waals surface area contributed by atoms with Gasteiger partial charge in [0.25, 0.3) is 0 Å². The van der Waals surface area contributed by atoms with Crippen LogP contribution >= 0.6 is 0 Å². The highest BCUT2D eigenvalue weighted by Crippen LogP contribution is 2.55. The molecule has 39 heavy (non-hydrogen) atoms. The van der Waals surface area contributed by atoms with Gasteiger partial charge in [0.2, 0.25) is 0 Å². The molecule has 5 rings (SSSR count). The summed E-state index contributed by atoms with van der Waals surface area (Å²) in [7, 11) is 0. The number of morpholine rings is 2. The molecule has 3 fully saturated rings. The van der Waals surface area contributed by atoms with E-state index in [2.05, 4.69) is 114 Å². The van der Waals surface area contributed by atoms with Crippen molar-refractivity contribution in [3.05, 3.63) is 70.8 Å². The summed E-state index contributed by atoms with van der Waals surface area (Å²) in [5.74, 6) is 1.86.